The van der Waals surface area contributed by atoms with Crippen molar-refractivity contribution in [2.24, 2.45) is 0 Å². The Morgan fingerprint density at radius 3 is 2.82 bits per heavy atom. The summed E-state index contributed by atoms with van der Waals surface area (Å²) in [4.78, 5) is 10.3. The molecule has 0 saturated heterocycles. The normalized spacial score (nSPS) is 12.5. The van der Waals surface area contributed by atoms with Crippen LogP contribution in [0.3, 0.4) is 0 Å². The highest BCUT2D eigenvalue weighted by molar-refractivity contribution is 5.61. The Labute approximate surface area is 64.9 Å². The van der Waals surface area contributed by atoms with Gasteiger partial charge in [-0.05, 0) is 17.7 Å². The van der Waals surface area contributed by atoms with Gasteiger partial charge in [-0.2, -0.15) is 0 Å². The molecule has 58 valence electrons. The van der Waals surface area contributed by atoms with Gasteiger partial charge in [-0.3, -0.25) is 0 Å². The van der Waals surface area contributed by atoms with Crippen LogP contribution in [0.2, 0.25) is 0 Å². The topological polar surface area (TPSA) is 17.1 Å². The summed E-state index contributed by atoms with van der Waals surface area (Å²) in [5, 5.41) is 0. The van der Waals surface area contributed by atoms with Crippen molar-refractivity contribution in [3.05, 3.63) is 35.6 Å². The van der Waals surface area contributed by atoms with Crippen LogP contribution in [0, 0.1) is 5.82 Å². The molecule has 0 aliphatic carbocycles. The second-order valence-electron chi connectivity index (χ2n) is 2.48. The minimum absolute atomic E-state index is 0.217. The summed E-state index contributed by atoms with van der Waals surface area (Å²) < 4.78 is 12.5. The first kappa shape index (κ1) is 7.92. The molecule has 0 bridgehead atoms. The van der Waals surface area contributed by atoms with Gasteiger partial charge in [-0.1, -0.05) is 19.1 Å². The van der Waals surface area contributed by atoms with E-state index < -0.39 is 0 Å². The molecule has 0 aliphatic rings. The molecular formula is C9H9FO. The molecule has 2 heteroatoms. The maximum atomic E-state index is 12.5. The third-order valence-corrected chi connectivity index (χ3v) is 1.58. The van der Waals surface area contributed by atoms with E-state index in [9.17, 15) is 9.18 Å². The Hall–Kier alpha value is -1.18. The average Bonchev–Trinajstić information content (AvgIpc) is 2.03. The van der Waals surface area contributed by atoms with Gasteiger partial charge in [0.1, 0.15) is 12.1 Å². The number of carbonyl (C=O) groups is 1. The van der Waals surface area contributed by atoms with Crippen molar-refractivity contribution in [2.75, 3.05) is 0 Å². The first-order chi connectivity index (χ1) is 5.24. The van der Waals surface area contributed by atoms with E-state index in [2.05, 4.69) is 0 Å². The average molecular weight is 152 g/mol. The van der Waals surface area contributed by atoms with Crippen LogP contribution in [-0.4, -0.2) is 6.29 Å². The van der Waals surface area contributed by atoms with Gasteiger partial charge >= 0.3 is 0 Å². The lowest BCUT2D eigenvalue weighted by Crippen LogP contribution is -1.93. The molecule has 0 fully saturated rings. The third-order valence-electron chi connectivity index (χ3n) is 1.58. The van der Waals surface area contributed by atoms with Crippen LogP contribution in [0.5, 0.6) is 0 Å². The fourth-order valence-corrected chi connectivity index (χ4v) is 0.868. The van der Waals surface area contributed by atoms with Gasteiger partial charge in [0.05, 0.1) is 0 Å². The number of carbonyl (C=O) groups excluding carboxylic acids is 1. The summed E-state index contributed by atoms with van der Waals surface area (Å²) in [5.41, 5.74) is 0.722. The largest absolute Gasteiger partial charge is 0.303 e. The van der Waals surface area contributed by atoms with Crippen LogP contribution in [-0.2, 0) is 4.79 Å². The molecule has 1 unspecified atom stereocenters. The molecule has 1 nitrogen and oxygen atoms in total. The second-order valence-corrected chi connectivity index (χ2v) is 2.48. The van der Waals surface area contributed by atoms with E-state index in [4.69, 9.17) is 0 Å². The van der Waals surface area contributed by atoms with Crippen molar-refractivity contribution in [2.45, 2.75) is 12.8 Å². The number of benzene rings is 1. The van der Waals surface area contributed by atoms with Gasteiger partial charge in [0.25, 0.3) is 0 Å². The molecule has 0 saturated carbocycles. The Balaban J connectivity index is 2.95. The van der Waals surface area contributed by atoms with Gasteiger partial charge < -0.3 is 4.79 Å². The van der Waals surface area contributed by atoms with Crippen LogP contribution in [0.1, 0.15) is 18.4 Å². The smallest absolute Gasteiger partial charge is 0.127 e. The van der Waals surface area contributed by atoms with Gasteiger partial charge in [0, 0.05) is 5.92 Å². The maximum absolute atomic E-state index is 12.5. The highest BCUT2D eigenvalue weighted by Crippen LogP contribution is 2.12. The quantitative estimate of drug-likeness (QED) is 0.593. The fraction of sp³-hybridized carbons (Fsp3) is 0.222. The van der Waals surface area contributed by atoms with E-state index in [-0.39, 0.29) is 11.7 Å². The minimum atomic E-state index is -0.295. The van der Waals surface area contributed by atoms with Gasteiger partial charge in [0.15, 0.2) is 0 Å². The van der Waals surface area contributed by atoms with Crippen molar-refractivity contribution in [1.29, 1.82) is 0 Å². The van der Waals surface area contributed by atoms with Crippen molar-refractivity contribution < 1.29 is 9.18 Å². The molecule has 1 atom stereocenters. The van der Waals surface area contributed by atoms with Crippen molar-refractivity contribution in [3.8, 4) is 0 Å². The SMILES string of the molecule is CC(C=O)c1cccc(F)c1. The summed E-state index contributed by atoms with van der Waals surface area (Å²) in [6.45, 7) is 1.74. The summed E-state index contributed by atoms with van der Waals surface area (Å²) in [5.74, 6) is -0.512. The second kappa shape index (κ2) is 3.28. The number of aldehydes is 1. The van der Waals surface area contributed by atoms with Gasteiger partial charge in [-0.15, -0.1) is 0 Å². The van der Waals surface area contributed by atoms with E-state index in [0.29, 0.717) is 0 Å². The Kier molecular flexibility index (Phi) is 2.36. The number of halogens is 1. The molecule has 1 aromatic rings. The molecule has 11 heavy (non-hydrogen) atoms. The monoisotopic (exact) mass is 152 g/mol. The molecule has 0 radical (unpaired) electrons. The highest BCUT2D eigenvalue weighted by atomic mass is 19.1. The first-order valence-electron chi connectivity index (χ1n) is 3.45. The zero-order valence-corrected chi connectivity index (χ0v) is 6.25. The number of hydrogen-bond donors (Lipinski definition) is 0. The van der Waals surface area contributed by atoms with Crippen LogP contribution in [0.4, 0.5) is 4.39 Å². The number of hydrogen-bond acceptors (Lipinski definition) is 1. The zero-order valence-electron chi connectivity index (χ0n) is 6.25. The van der Waals surface area contributed by atoms with Gasteiger partial charge in [-0.25, -0.2) is 4.39 Å². The maximum Gasteiger partial charge on any atom is 0.127 e. The van der Waals surface area contributed by atoms with Crippen LogP contribution < -0.4 is 0 Å². The Bertz CT molecular complexity index is 257. The van der Waals surface area contributed by atoms with E-state index in [1.165, 1.54) is 12.1 Å². The first-order valence-corrected chi connectivity index (χ1v) is 3.45. The summed E-state index contributed by atoms with van der Waals surface area (Å²) >= 11 is 0. The molecule has 0 amide bonds. The predicted octanol–water partition coefficient (Wildman–Crippen LogP) is 2.13. The highest BCUT2D eigenvalue weighted by Gasteiger charge is 2.02. The van der Waals surface area contributed by atoms with Crippen molar-refractivity contribution in [3.63, 3.8) is 0 Å². The lowest BCUT2D eigenvalue weighted by atomic mass is 10.0. The van der Waals surface area contributed by atoms with Crippen molar-refractivity contribution in [1.82, 2.24) is 0 Å². The molecule has 0 N–H and O–H groups in total. The van der Waals surface area contributed by atoms with Crippen LogP contribution >= 0.6 is 0 Å². The third kappa shape index (κ3) is 1.87. The summed E-state index contributed by atoms with van der Waals surface area (Å²) in [6, 6.07) is 6.08. The Morgan fingerprint density at radius 2 is 2.27 bits per heavy atom. The fourth-order valence-electron chi connectivity index (χ4n) is 0.868. The van der Waals surface area contributed by atoms with E-state index in [0.717, 1.165) is 11.8 Å². The zero-order chi connectivity index (χ0) is 8.27. The summed E-state index contributed by atoms with van der Waals surface area (Å²) in [7, 11) is 0. The molecule has 0 aromatic heterocycles. The van der Waals surface area contributed by atoms with Crippen LogP contribution in [0.15, 0.2) is 24.3 Å². The van der Waals surface area contributed by atoms with Crippen molar-refractivity contribution >= 4 is 6.29 Å². The molecule has 1 rings (SSSR count). The Morgan fingerprint density at radius 1 is 1.55 bits per heavy atom. The molecule has 0 heterocycles. The lowest BCUT2D eigenvalue weighted by Gasteiger charge is -2.01. The minimum Gasteiger partial charge on any atom is -0.303 e. The van der Waals surface area contributed by atoms with E-state index in [1.807, 2.05) is 0 Å². The lowest BCUT2D eigenvalue weighted by molar-refractivity contribution is -0.108. The standard InChI is InChI=1S/C9H9FO/c1-7(6-11)8-3-2-4-9(10)5-8/h2-7H,1H3. The van der Waals surface area contributed by atoms with Gasteiger partial charge in [0.2, 0.25) is 0 Å². The van der Waals surface area contributed by atoms with E-state index in [1.54, 1.807) is 19.1 Å². The number of rotatable bonds is 2. The summed E-state index contributed by atoms with van der Waals surface area (Å²) in [6.07, 6.45) is 0.800. The van der Waals surface area contributed by atoms with Crippen LogP contribution in [0.25, 0.3) is 0 Å². The van der Waals surface area contributed by atoms with E-state index >= 15 is 0 Å². The molecule has 0 aliphatic heterocycles. The molecule has 1 aromatic carbocycles. The predicted molar refractivity (Wildman–Crippen MR) is 40.9 cm³/mol. The molecular weight excluding hydrogens is 143 g/mol. The molecule has 0 spiro atoms.